The van der Waals surface area contributed by atoms with Gasteiger partial charge in [-0.05, 0) is 31.2 Å². The second kappa shape index (κ2) is 8.39. The van der Waals surface area contributed by atoms with Crippen LogP contribution in [0.15, 0.2) is 53.9 Å². The first-order valence-electron chi connectivity index (χ1n) is 7.47. The molecule has 2 aromatic rings. The molecule has 0 aliphatic carbocycles. The second-order valence-electron chi connectivity index (χ2n) is 5.17. The van der Waals surface area contributed by atoms with E-state index < -0.39 is 24.2 Å². The number of hydrogen-bond donors (Lipinski definition) is 2. The number of nitrogens with two attached hydrogens (primary N) is 1. The van der Waals surface area contributed by atoms with Crippen molar-refractivity contribution in [2.45, 2.75) is 6.92 Å². The first kappa shape index (κ1) is 18.6. The Morgan fingerprint density at radius 3 is 2.69 bits per heavy atom. The van der Waals surface area contributed by atoms with Crippen molar-refractivity contribution < 1.29 is 18.7 Å². The molecule has 0 aliphatic rings. The number of aromatic nitrogens is 1. The zero-order valence-corrected chi connectivity index (χ0v) is 13.8. The van der Waals surface area contributed by atoms with E-state index in [1.165, 1.54) is 43.5 Å². The maximum absolute atomic E-state index is 13.8. The van der Waals surface area contributed by atoms with Crippen molar-refractivity contribution in [2.24, 2.45) is 5.73 Å². The summed E-state index contributed by atoms with van der Waals surface area (Å²) in [5.74, 6) is -2.01. The Bertz CT molecular complexity index is 915. The van der Waals surface area contributed by atoms with Crippen LogP contribution in [0.4, 0.5) is 15.9 Å². The average molecular weight is 354 g/mol. The highest BCUT2D eigenvalue weighted by atomic mass is 19.1. The van der Waals surface area contributed by atoms with E-state index in [9.17, 15) is 14.0 Å². The number of rotatable bonds is 6. The van der Waals surface area contributed by atoms with Gasteiger partial charge in [0.05, 0.1) is 5.69 Å². The number of ketones is 1. The molecule has 0 unspecified atom stereocenters. The van der Waals surface area contributed by atoms with Crippen molar-refractivity contribution in [2.75, 3.05) is 11.9 Å². The molecule has 132 valence electrons. The molecule has 0 saturated heterocycles. The standard InChI is InChI=1S/C18H15FN4O3/c1-11(21)13(9-20)16(24)10-26-18(25)12-5-4-8-22-17(12)23-15-7-3-2-6-14(15)19/h2-8H,10,21H2,1H3,(H,22,23). The van der Waals surface area contributed by atoms with Crippen molar-refractivity contribution in [1.29, 1.82) is 5.26 Å². The van der Waals surface area contributed by atoms with E-state index in [-0.39, 0.29) is 28.3 Å². The van der Waals surface area contributed by atoms with Gasteiger partial charge in [-0.3, -0.25) is 4.79 Å². The molecule has 7 nitrogen and oxygen atoms in total. The third kappa shape index (κ3) is 4.42. The molecule has 0 radical (unpaired) electrons. The Kier molecular flexibility index (Phi) is 6.01. The largest absolute Gasteiger partial charge is 0.454 e. The number of nitrogens with zero attached hydrogens (tertiary/aromatic N) is 2. The Labute approximate surface area is 148 Å². The van der Waals surface area contributed by atoms with Gasteiger partial charge in [0.2, 0.25) is 5.78 Å². The molecule has 3 N–H and O–H groups in total. The van der Waals surface area contributed by atoms with E-state index in [4.69, 9.17) is 15.7 Å². The number of hydrogen-bond acceptors (Lipinski definition) is 7. The van der Waals surface area contributed by atoms with Crippen molar-refractivity contribution in [3.05, 3.63) is 65.2 Å². The molecule has 0 fully saturated rings. The van der Waals surface area contributed by atoms with Crippen LogP contribution in [0.2, 0.25) is 0 Å². The van der Waals surface area contributed by atoms with Crippen LogP contribution in [0.3, 0.4) is 0 Å². The summed E-state index contributed by atoms with van der Waals surface area (Å²) < 4.78 is 18.7. The number of pyridine rings is 1. The summed E-state index contributed by atoms with van der Waals surface area (Å²) >= 11 is 0. The maximum atomic E-state index is 13.8. The van der Waals surface area contributed by atoms with E-state index >= 15 is 0 Å². The molecular formula is C18H15FN4O3. The summed E-state index contributed by atoms with van der Waals surface area (Å²) in [5, 5.41) is 11.6. The number of halogens is 1. The summed E-state index contributed by atoms with van der Waals surface area (Å²) in [4.78, 5) is 28.1. The number of nitrogens with one attached hydrogen (secondary N) is 1. The van der Waals surface area contributed by atoms with Crippen molar-refractivity contribution in [1.82, 2.24) is 4.98 Å². The third-order valence-electron chi connectivity index (χ3n) is 3.27. The molecule has 0 spiro atoms. The number of para-hydroxylation sites is 1. The normalized spacial score (nSPS) is 11.1. The smallest absolute Gasteiger partial charge is 0.342 e. The van der Waals surface area contributed by atoms with Gasteiger partial charge in [0.25, 0.3) is 0 Å². The van der Waals surface area contributed by atoms with Crippen molar-refractivity contribution in [3.63, 3.8) is 0 Å². The number of carbonyl (C=O) groups excluding carboxylic acids is 2. The summed E-state index contributed by atoms with van der Waals surface area (Å²) in [6.07, 6.45) is 1.42. The predicted octanol–water partition coefficient (Wildman–Crippen LogP) is 2.45. The molecule has 1 aromatic carbocycles. The van der Waals surface area contributed by atoms with Crippen LogP contribution in [0.1, 0.15) is 17.3 Å². The average Bonchev–Trinajstić information content (AvgIpc) is 2.62. The van der Waals surface area contributed by atoms with Gasteiger partial charge in [0, 0.05) is 11.9 Å². The minimum Gasteiger partial charge on any atom is -0.454 e. The second-order valence-corrected chi connectivity index (χ2v) is 5.17. The lowest BCUT2D eigenvalue weighted by molar-refractivity contribution is -0.118. The SMILES string of the molecule is CC(N)=C(C#N)C(=O)COC(=O)c1cccnc1Nc1ccccc1F. The quantitative estimate of drug-likeness (QED) is 0.465. The lowest BCUT2D eigenvalue weighted by Gasteiger charge is -2.11. The number of carbonyl (C=O) groups is 2. The van der Waals surface area contributed by atoms with Crippen LogP contribution in [0.25, 0.3) is 0 Å². The highest BCUT2D eigenvalue weighted by Gasteiger charge is 2.18. The van der Waals surface area contributed by atoms with E-state index in [0.29, 0.717) is 0 Å². The lowest BCUT2D eigenvalue weighted by Crippen LogP contribution is -2.18. The Balaban J connectivity index is 2.16. The predicted molar refractivity (Wildman–Crippen MR) is 91.7 cm³/mol. The summed E-state index contributed by atoms with van der Waals surface area (Å²) in [6, 6.07) is 10.5. The summed E-state index contributed by atoms with van der Waals surface area (Å²) in [6.45, 7) is 0.750. The van der Waals surface area contributed by atoms with Gasteiger partial charge in [0.1, 0.15) is 28.8 Å². The molecule has 0 saturated carbocycles. The van der Waals surface area contributed by atoms with Crippen LogP contribution in [-0.2, 0) is 9.53 Å². The van der Waals surface area contributed by atoms with Crippen LogP contribution in [0.5, 0.6) is 0 Å². The van der Waals surface area contributed by atoms with Crippen LogP contribution in [-0.4, -0.2) is 23.3 Å². The number of anilines is 2. The fraction of sp³-hybridized carbons (Fsp3) is 0.111. The Morgan fingerprint density at radius 2 is 2.04 bits per heavy atom. The number of allylic oxidation sites excluding steroid dienone is 1. The van der Waals surface area contributed by atoms with Gasteiger partial charge in [-0.2, -0.15) is 5.26 Å². The van der Waals surface area contributed by atoms with Crippen LogP contribution >= 0.6 is 0 Å². The maximum Gasteiger partial charge on any atom is 0.342 e. The van der Waals surface area contributed by atoms with E-state index in [0.717, 1.165) is 0 Å². The summed E-state index contributed by atoms with van der Waals surface area (Å²) in [7, 11) is 0. The summed E-state index contributed by atoms with van der Waals surface area (Å²) in [5.41, 5.74) is 5.34. The van der Waals surface area contributed by atoms with E-state index in [2.05, 4.69) is 10.3 Å². The van der Waals surface area contributed by atoms with Gasteiger partial charge in [-0.15, -0.1) is 0 Å². The fourth-order valence-corrected chi connectivity index (χ4v) is 2.01. The molecule has 0 amide bonds. The zero-order valence-electron chi connectivity index (χ0n) is 13.8. The Hall–Kier alpha value is -3.73. The van der Waals surface area contributed by atoms with Crippen molar-refractivity contribution >= 4 is 23.3 Å². The minimum atomic E-state index is -0.850. The lowest BCUT2D eigenvalue weighted by atomic mass is 10.1. The molecule has 1 aromatic heterocycles. The van der Waals surface area contributed by atoms with Crippen LogP contribution in [0, 0.1) is 17.1 Å². The monoisotopic (exact) mass is 354 g/mol. The zero-order chi connectivity index (χ0) is 19.1. The number of esters is 1. The number of nitriles is 1. The van der Waals surface area contributed by atoms with Gasteiger partial charge in [-0.25, -0.2) is 14.2 Å². The van der Waals surface area contributed by atoms with Gasteiger partial charge in [-0.1, -0.05) is 12.1 Å². The number of ether oxygens (including phenoxy) is 1. The Morgan fingerprint density at radius 1 is 1.31 bits per heavy atom. The topological polar surface area (TPSA) is 118 Å². The molecule has 0 aliphatic heterocycles. The molecule has 26 heavy (non-hydrogen) atoms. The molecule has 1 heterocycles. The highest BCUT2D eigenvalue weighted by Crippen LogP contribution is 2.21. The number of benzene rings is 1. The fourth-order valence-electron chi connectivity index (χ4n) is 2.01. The molecule has 8 heteroatoms. The van der Waals surface area contributed by atoms with Crippen LogP contribution < -0.4 is 11.1 Å². The van der Waals surface area contributed by atoms with Gasteiger partial charge in [0.15, 0.2) is 6.61 Å². The van der Waals surface area contributed by atoms with Crippen molar-refractivity contribution in [3.8, 4) is 6.07 Å². The highest BCUT2D eigenvalue weighted by molar-refractivity contribution is 6.03. The number of Topliss-reactive ketones (excluding diaryl/α,β-unsaturated/α-hetero) is 1. The van der Waals surface area contributed by atoms with E-state index in [1.54, 1.807) is 12.1 Å². The molecule has 0 atom stereocenters. The first-order valence-corrected chi connectivity index (χ1v) is 7.47. The van der Waals surface area contributed by atoms with E-state index in [1.807, 2.05) is 0 Å². The molecule has 2 rings (SSSR count). The molecular weight excluding hydrogens is 339 g/mol. The van der Waals surface area contributed by atoms with Gasteiger partial charge < -0.3 is 15.8 Å². The first-order chi connectivity index (χ1) is 12.4. The molecule has 0 bridgehead atoms. The third-order valence-corrected chi connectivity index (χ3v) is 3.27. The van der Waals surface area contributed by atoms with Gasteiger partial charge >= 0.3 is 5.97 Å². The minimum absolute atomic E-state index is 0.00973.